The Morgan fingerprint density at radius 2 is 1.43 bits per heavy atom. The number of carboxylic acids is 3. The summed E-state index contributed by atoms with van der Waals surface area (Å²) >= 11 is 0. The van der Waals surface area contributed by atoms with E-state index in [2.05, 4.69) is 6.92 Å². The smallest absolute Gasteiger partial charge is 0.321 e. The van der Waals surface area contributed by atoms with Gasteiger partial charge < -0.3 is 29.5 Å². The molecule has 0 aliphatic rings. The summed E-state index contributed by atoms with van der Waals surface area (Å²) in [6.07, 6.45) is 5.96. The molecular weight excluding hydrogens is 480 g/mol. The number of hydrogen-bond acceptors (Lipinski definition) is 6. The highest BCUT2D eigenvalue weighted by molar-refractivity contribution is 6.01. The highest BCUT2D eigenvalue weighted by Crippen LogP contribution is 2.32. The Balaban J connectivity index is 2.68. The predicted molar refractivity (Wildman–Crippen MR) is 139 cm³/mol. The topological polar surface area (TPSA) is 140 Å². The highest BCUT2D eigenvalue weighted by atomic mass is 16.5. The SMILES string of the molecule is CCCCCCC(CCCC(CC(=O)O)(C(=O)O)C(=O)O)Cc1ccc(OCCOCCOCC)cc1. The molecule has 0 radical (unpaired) electrons. The van der Waals surface area contributed by atoms with E-state index in [1.165, 1.54) is 0 Å². The van der Waals surface area contributed by atoms with Crippen LogP contribution in [0.15, 0.2) is 24.3 Å². The maximum atomic E-state index is 11.7. The summed E-state index contributed by atoms with van der Waals surface area (Å²) in [5.41, 5.74) is -1.18. The highest BCUT2D eigenvalue weighted by Gasteiger charge is 2.48. The average Bonchev–Trinajstić information content (AvgIpc) is 2.85. The summed E-state index contributed by atoms with van der Waals surface area (Å²) < 4.78 is 16.4. The third-order valence-electron chi connectivity index (χ3n) is 6.47. The van der Waals surface area contributed by atoms with Crippen molar-refractivity contribution in [1.82, 2.24) is 0 Å². The number of unbranched alkanes of at least 4 members (excludes halogenated alkanes) is 3. The van der Waals surface area contributed by atoms with Crippen LogP contribution in [-0.4, -0.2) is 66.3 Å². The van der Waals surface area contributed by atoms with E-state index in [1.807, 2.05) is 31.2 Å². The number of carbonyl (C=O) groups is 3. The molecule has 1 aromatic rings. The summed E-state index contributed by atoms with van der Waals surface area (Å²) in [6, 6.07) is 7.84. The Morgan fingerprint density at radius 1 is 0.811 bits per heavy atom. The molecule has 0 fully saturated rings. The first-order valence-corrected chi connectivity index (χ1v) is 13.3. The fraction of sp³-hybridized carbons (Fsp3) is 0.679. The van der Waals surface area contributed by atoms with E-state index < -0.39 is 29.7 Å². The average molecular weight is 525 g/mol. The van der Waals surface area contributed by atoms with Crippen molar-refractivity contribution in [3.8, 4) is 5.75 Å². The van der Waals surface area contributed by atoms with Gasteiger partial charge in [-0.3, -0.25) is 14.4 Å². The molecule has 0 amide bonds. The first-order chi connectivity index (χ1) is 17.7. The van der Waals surface area contributed by atoms with Crippen LogP contribution in [0.2, 0.25) is 0 Å². The zero-order chi connectivity index (χ0) is 27.5. The molecule has 1 rings (SSSR count). The first-order valence-electron chi connectivity index (χ1n) is 13.3. The van der Waals surface area contributed by atoms with E-state index >= 15 is 0 Å². The van der Waals surface area contributed by atoms with Crippen LogP contribution in [0.25, 0.3) is 0 Å². The summed E-state index contributed by atoms with van der Waals surface area (Å²) in [5.74, 6) is -3.64. The second-order valence-corrected chi connectivity index (χ2v) is 9.38. The Kier molecular flexibility index (Phi) is 16.3. The molecule has 1 aromatic carbocycles. The Hall–Kier alpha value is -2.65. The van der Waals surface area contributed by atoms with Crippen LogP contribution < -0.4 is 4.74 Å². The van der Waals surface area contributed by atoms with Crippen molar-refractivity contribution in [3.05, 3.63) is 29.8 Å². The van der Waals surface area contributed by atoms with E-state index in [9.17, 15) is 24.6 Å². The molecule has 1 atom stereocenters. The molecule has 9 heteroatoms. The maximum Gasteiger partial charge on any atom is 0.321 e. The molecule has 0 spiro atoms. The Bertz CT molecular complexity index is 777. The quantitative estimate of drug-likeness (QED) is 0.132. The Morgan fingerprint density at radius 3 is 2.03 bits per heavy atom. The van der Waals surface area contributed by atoms with Crippen molar-refractivity contribution in [1.29, 1.82) is 0 Å². The van der Waals surface area contributed by atoms with Gasteiger partial charge in [-0.2, -0.15) is 0 Å². The zero-order valence-electron chi connectivity index (χ0n) is 22.3. The Labute approximate surface area is 220 Å². The van der Waals surface area contributed by atoms with Crippen molar-refractivity contribution in [2.24, 2.45) is 11.3 Å². The molecule has 0 heterocycles. The van der Waals surface area contributed by atoms with Gasteiger partial charge in [-0.15, -0.1) is 0 Å². The largest absolute Gasteiger partial charge is 0.491 e. The molecule has 1 unspecified atom stereocenters. The van der Waals surface area contributed by atoms with Crippen molar-refractivity contribution < 1.29 is 43.9 Å². The van der Waals surface area contributed by atoms with Crippen molar-refractivity contribution in [3.63, 3.8) is 0 Å². The maximum absolute atomic E-state index is 11.7. The first kappa shape index (κ1) is 32.4. The molecule has 9 nitrogen and oxygen atoms in total. The van der Waals surface area contributed by atoms with Crippen LogP contribution in [0.4, 0.5) is 0 Å². The van der Waals surface area contributed by atoms with Crippen molar-refractivity contribution in [2.75, 3.05) is 33.0 Å². The lowest BCUT2D eigenvalue weighted by molar-refractivity contribution is -0.170. The molecule has 0 bridgehead atoms. The van der Waals surface area contributed by atoms with Gasteiger partial charge in [0.2, 0.25) is 0 Å². The normalized spacial score (nSPS) is 12.3. The fourth-order valence-corrected chi connectivity index (χ4v) is 4.34. The van der Waals surface area contributed by atoms with E-state index in [1.54, 1.807) is 0 Å². The summed E-state index contributed by atoms with van der Waals surface area (Å²) in [4.78, 5) is 34.6. The molecule has 0 aliphatic heterocycles. The van der Waals surface area contributed by atoms with Gasteiger partial charge >= 0.3 is 17.9 Å². The van der Waals surface area contributed by atoms with Crippen LogP contribution in [0.3, 0.4) is 0 Å². The van der Waals surface area contributed by atoms with E-state index in [0.29, 0.717) is 45.9 Å². The molecule has 0 aliphatic carbocycles. The fourth-order valence-electron chi connectivity index (χ4n) is 4.34. The van der Waals surface area contributed by atoms with Gasteiger partial charge in [0.1, 0.15) is 12.4 Å². The second kappa shape index (κ2) is 18.6. The van der Waals surface area contributed by atoms with Gasteiger partial charge in [-0.25, -0.2) is 0 Å². The van der Waals surface area contributed by atoms with Gasteiger partial charge in [0.15, 0.2) is 5.41 Å². The number of aliphatic carboxylic acids is 3. The van der Waals surface area contributed by atoms with Crippen molar-refractivity contribution in [2.45, 2.75) is 78.1 Å². The molecule has 0 aromatic heterocycles. The standard InChI is InChI=1S/C28H44O9/c1-3-5-6-7-9-22(10-8-15-28(26(31)32,27(33)34)21-25(29)30)20-23-11-13-24(14-12-23)37-19-18-36-17-16-35-4-2/h11-14,22H,3-10,15-21H2,1-2H3,(H,29,30)(H,31,32)(H,33,34). The molecule has 0 saturated carbocycles. The lowest BCUT2D eigenvalue weighted by atomic mass is 9.78. The van der Waals surface area contributed by atoms with E-state index in [4.69, 9.17) is 19.3 Å². The minimum absolute atomic E-state index is 0.213. The lowest BCUT2D eigenvalue weighted by Crippen LogP contribution is -2.41. The minimum atomic E-state index is -2.30. The van der Waals surface area contributed by atoms with Crippen LogP contribution in [0, 0.1) is 11.3 Å². The predicted octanol–water partition coefficient (Wildman–Crippen LogP) is 5.05. The van der Waals surface area contributed by atoms with Crippen LogP contribution in [0.1, 0.15) is 77.2 Å². The molecule has 0 saturated heterocycles. The van der Waals surface area contributed by atoms with E-state index in [-0.39, 0.29) is 12.3 Å². The van der Waals surface area contributed by atoms with Crippen molar-refractivity contribution >= 4 is 17.9 Å². The molecule has 37 heavy (non-hydrogen) atoms. The molecular formula is C28H44O9. The van der Waals surface area contributed by atoms with Gasteiger partial charge in [0.25, 0.3) is 0 Å². The number of ether oxygens (including phenoxy) is 3. The number of hydrogen-bond donors (Lipinski definition) is 3. The third-order valence-corrected chi connectivity index (χ3v) is 6.47. The monoisotopic (exact) mass is 524 g/mol. The van der Waals surface area contributed by atoms with Gasteiger partial charge in [-0.1, -0.05) is 64.0 Å². The minimum Gasteiger partial charge on any atom is -0.491 e. The van der Waals surface area contributed by atoms with Crippen LogP contribution >= 0.6 is 0 Å². The number of carboxylic acid groups (broad SMARTS) is 3. The second-order valence-electron chi connectivity index (χ2n) is 9.38. The molecule has 3 N–H and O–H groups in total. The van der Waals surface area contributed by atoms with E-state index in [0.717, 1.165) is 49.8 Å². The summed E-state index contributed by atoms with van der Waals surface area (Å²) in [6.45, 7) is 6.77. The van der Waals surface area contributed by atoms with Crippen LogP contribution in [0.5, 0.6) is 5.75 Å². The van der Waals surface area contributed by atoms with Gasteiger partial charge in [0.05, 0.1) is 26.2 Å². The lowest BCUT2D eigenvalue weighted by Gasteiger charge is -2.24. The number of benzene rings is 1. The third kappa shape index (κ3) is 12.9. The van der Waals surface area contributed by atoms with Crippen LogP contribution in [-0.2, 0) is 30.3 Å². The van der Waals surface area contributed by atoms with Gasteiger partial charge in [-0.05, 0) is 43.4 Å². The van der Waals surface area contributed by atoms with Gasteiger partial charge in [0, 0.05) is 6.61 Å². The zero-order valence-corrected chi connectivity index (χ0v) is 22.3. The summed E-state index contributed by atoms with van der Waals surface area (Å²) in [7, 11) is 0. The summed E-state index contributed by atoms with van der Waals surface area (Å²) in [5, 5.41) is 28.2. The molecule has 210 valence electrons. The number of rotatable bonds is 23.